The van der Waals surface area contributed by atoms with Crippen molar-refractivity contribution in [1.82, 2.24) is 0 Å². The van der Waals surface area contributed by atoms with Gasteiger partial charge in [-0.1, -0.05) is 24.3 Å². The van der Waals surface area contributed by atoms with Crippen LogP contribution in [0.1, 0.15) is 5.56 Å². The molecule has 0 spiro atoms. The van der Waals surface area contributed by atoms with Crippen molar-refractivity contribution < 1.29 is 12.8 Å². The van der Waals surface area contributed by atoms with Gasteiger partial charge in [0.05, 0.1) is 4.90 Å². The van der Waals surface area contributed by atoms with Crippen LogP contribution in [0.15, 0.2) is 80.2 Å². The summed E-state index contributed by atoms with van der Waals surface area (Å²) in [6.45, 7) is 0. The number of benzene rings is 2. The van der Waals surface area contributed by atoms with Gasteiger partial charge in [0, 0.05) is 16.9 Å². The fourth-order valence-electron chi connectivity index (χ4n) is 2.05. The van der Waals surface area contributed by atoms with E-state index in [-0.39, 0.29) is 4.90 Å². The molecule has 0 amide bonds. The molecule has 0 aliphatic carbocycles. The Hall–Kier alpha value is -2.66. The summed E-state index contributed by atoms with van der Waals surface area (Å²) in [5.41, 5.74) is 0.763. The van der Waals surface area contributed by atoms with Crippen LogP contribution >= 0.6 is 0 Å². The molecule has 4 nitrogen and oxygen atoms in total. The molecule has 0 aliphatic heterocycles. The first-order valence-corrected chi connectivity index (χ1v) is 8.11. The average molecular weight is 312 g/mol. The lowest BCUT2D eigenvalue weighted by Gasteiger charge is -2.00. The van der Waals surface area contributed by atoms with Crippen molar-refractivity contribution in [2.75, 3.05) is 0 Å². The maximum absolute atomic E-state index is 12.2. The second kappa shape index (κ2) is 5.61. The van der Waals surface area contributed by atoms with Gasteiger partial charge in [0.15, 0.2) is 9.84 Å². The third-order valence-electron chi connectivity index (χ3n) is 3.15. The Labute approximate surface area is 127 Å². The second-order valence-electron chi connectivity index (χ2n) is 4.71. The molecule has 22 heavy (non-hydrogen) atoms. The second-order valence-corrected chi connectivity index (χ2v) is 6.55. The zero-order valence-electron chi connectivity index (χ0n) is 11.5. The van der Waals surface area contributed by atoms with Gasteiger partial charge in [-0.3, -0.25) is 0 Å². The van der Waals surface area contributed by atoms with Crippen LogP contribution in [-0.2, 0) is 9.84 Å². The van der Waals surface area contributed by atoms with Crippen LogP contribution in [0.5, 0.6) is 0 Å². The first kappa shape index (κ1) is 14.3. The predicted octanol–water partition coefficient (Wildman–Crippen LogP) is 3.24. The lowest BCUT2D eigenvalue weighted by molar-refractivity contribution is 0.561. The maximum atomic E-state index is 12.2. The Morgan fingerprint density at radius 2 is 1.68 bits per heavy atom. The van der Waals surface area contributed by atoms with Gasteiger partial charge in [0.2, 0.25) is 0 Å². The van der Waals surface area contributed by atoms with Crippen LogP contribution in [0.2, 0.25) is 0 Å². The predicted molar refractivity (Wildman–Crippen MR) is 85.1 cm³/mol. The zero-order chi connectivity index (χ0) is 15.6. The molecule has 110 valence electrons. The summed E-state index contributed by atoms with van der Waals surface area (Å²) < 4.78 is 29.4. The Morgan fingerprint density at radius 3 is 2.45 bits per heavy atom. The first-order valence-electron chi connectivity index (χ1n) is 6.57. The molecule has 0 unspecified atom stereocenters. The fraction of sp³-hybridized carbons (Fsp3) is 0. The van der Waals surface area contributed by atoms with Crippen LogP contribution in [-0.4, -0.2) is 8.42 Å². The molecule has 5 heteroatoms. The summed E-state index contributed by atoms with van der Waals surface area (Å²) in [4.78, 5) is 11.4. The normalized spacial score (nSPS) is 12.0. The van der Waals surface area contributed by atoms with E-state index in [2.05, 4.69) is 0 Å². The molecular weight excluding hydrogens is 300 g/mol. The van der Waals surface area contributed by atoms with Crippen molar-refractivity contribution in [2.24, 2.45) is 0 Å². The van der Waals surface area contributed by atoms with E-state index in [0.29, 0.717) is 11.1 Å². The largest absolute Gasteiger partial charge is 0.423 e. The molecule has 3 aromatic rings. The van der Waals surface area contributed by atoms with Gasteiger partial charge in [-0.25, -0.2) is 13.2 Å². The Kier molecular flexibility index (Phi) is 3.65. The smallest absolute Gasteiger partial charge is 0.336 e. The van der Waals surface area contributed by atoms with E-state index < -0.39 is 15.5 Å². The average Bonchev–Trinajstić information content (AvgIpc) is 2.54. The van der Waals surface area contributed by atoms with Crippen molar-refractivity contribution >= 4 is 26.9 Å². The van der Waals surface area contributed by atoms with E-state index in [1.54, 1.807) is 54.6 Å². The van der Waals surface area contributed by atoms with Crippen molar-refractivity contribution in [1.29, 1.82) is 0 Å². The molecule has 3 rings (SSSR count). The number of hydrogen-bond acceptors (Lipinski definition) is 4. The molecule has 1 aromatic heterocycles. The van der Waals surface area contributed by atoms with Crippen LogP contribution in [0.3, 0.4) is 0 Å². The van der Waals surface area contributed by atoms with Crippen LogP contribution in [0.4, 0.5) is 0 Å². The van der Waals surface area contributed by atoms with Gasteiger partial charge >= 0.3 is 5.63 Å². The monoisotopic (exact) mass is 312 g/mol. The van der Waals surface area contributed by atoms with E-state index in [4.69, 9.17) is 4.42 Å². The molecule has 1 heterocycles. The van der Waals surface area contributed by atoms with Gasteiger partial charge in [-0.15, -0.1) is 0 Å². The SMILES string of the molecule is O=c1ccc2cc(/C=C/S(=O)(=O)c3ccccc3)ccc2o1. The highest BCUT2D eigenvalue weighted by molar-refractivity contribution is 7.94. The molecule has 2 aromatic carbocycles. The first-order chi connectivity index (χ1) is 10.5. The van der Waals surface area contributed by atoms with Crippen molar-refractivity contribution in [3.05, 3.63) is 82.1 Å². The van der Waals surface area contributed by atoms with Gasteiger partial charge in [-0.05, 0) is 42.0 Å². The van der Waals surface area contributed by atoms with Crippen molar-refractivity contribution in [3.63, 3.8) is 0 Å². The molecule has 0 atom stereocenters. The molecule has 0 saturated heterocycles. The molecular formula is C17H12O4S. The summed E-state index contributed by atoms with van der Waals surface area (Å²) in [6.07, 6.45) is 1.52. The van der Waals surface area contributed by atoms with Crippen LogP contribution < -0.4 is 5.63 Å². The minimum absolute atomic E-state index is 0.248. The number of fused-ring (bicyclic) bond motifs is 1. The number of rotatable bonds is 3. The van der Waals surface area contributed by atoms with Crippen molar-refractivity contribution in [2.45, 2.75) is 4.90 Å². The highest BCUT2D eigenvalue weighted by Crippen LogP contribution is 2.17. The van der Waals surface area contributed by atoms with Gasteiger partial charge in [-0.2, -0.15) is 0 Å². The number of hydrogen-bond donors (Lipinski definition) is 0. The van der Waals surface area contributed by atoms with E-state index in [1.807, 2.05) is 0 Å². The van der Waals surface area contributed by atoms with Crippen molar-refractivity contribution in [3.8, 4) is 0 Å². The topological polar surface area (TPSA) is 64.3 Å². The van der Waals surface area contributed by atoms with E-state index in [9.17, 15) is 13.2 Å². The van der Waals surface area contributed by atoms with Crippen LogP contribution in [0.25, 0.3) is 17.0 Å². The summed E-state index contributed by atoms with van der Waals surface area (Å²) in [5.74, 6) is 0. The standard InChI is InChI=1S/C17H12O4S/c18-17-9-7-14-12-13(6-8-16(14)21-17)10-11-22(19,20)15-4-2-1-3-5-15/h1-12H/b11-10+. The van der Waals surface area contributed by atoms with Gasteiger partial charge in [0.25, 0.3) is 0 Å². The minimum atomic E-state index is -3.47. The van der Waals surface area contributed by atoms with Gasteiger partial charge in [0.1, 0.15) is 5.58 Å². The summed E-state index contributed by atoms with van der Waals surface area (Å²) in [5, 5.41) is 1.90. The fourth-order valence-corrected chi connectivity index (χ4v) is 3.08. The third-order valence-corrected chi connectivity index (χ3v) is 4.58. The maximum Gasteiger partial charge on any atom is 0.336 e. The zero-order valence-corrected chi connectivity index (χ0v) is 12.3. The quantitative estimate of drug-likeness (QED) is 0.696. The van der Waals surface area contributed by atoms with Crippen LogP contribution in [0, 0.1) is 0 Å². The Balaban J connectivity index is 1.96. The third kappa shape index (κ3) is 2.99. The Bertz CT molecular complexity index is 1000. The van der Waals surface area contributed by atoms with E-state index in [0.717, 1.165) is 5.39 Å². The molecule has 0 N–H and O–H groups in total. The molecule has 0 fully saturated rings. The molecule has 0 saturated carbocycles. The summed E-state index contributed by atoms with van der Waals surface area (Å²) in [7, 11) is -3.47. The van der Waals surface area contributed by atoms with E-state index >= 15 is 0 Å². The summed E-state index contributed by atoms with van der Waals surface area (Å²) >= 11 is 0. The lowest BCUT2D eigenvalue weighted by Crippen LogP contribution is -1.95. The summed E-state index contributed by atoms with van der Waals surface area (Å²) in [6, 6.07) is 16.3. The highest BCUT2D eigenvalue weighted by Gasteiger charge is 2.08. The highest BCUT2D eigenvalue weighted by atomic mass is 32.2. The number of sulfone groups is 1. The minimum Gasteiger partial charge on any atom is -0.423 e. The van der Waals surface area contributed by atoms with E-state index in [1.165, 1.54) is 17.6 Å². The Morgan fingerprint density at radius 1 is 0.909 bits per heavy atom. The van der Waals surface area contributed by atoms with Gasteiger partial charge < -0.3 is 4.42 Å². The molecule has 0 bridgehead atoms. The molecule has 0 aliphatic rings. The molecule has 0 radical (unpaired) electrons. The lowest BCUT2D eigenvalue weighted by atomic mass is 10.1.